The van der Waals surface area contributed by atoms with E-state index >= 15 is 0 Å². The van der Waals surface area contributed by atoms with Crippen LogP contribution in [0.1, 0.15) is 131 Å². The zero-order chi connectivity index (χ0) is 38.6. The van der Waals surface area contributed by atoms with Gasteiger partial charge in [-0.3, -0.25) is 0 Å². The van der Waals surface area contributed by atoms with E-state index in [1.807, 2.05) is 0 Å². The zero-order valence-electron chi connectivity index (χ0n) is 38.3. The van der Waals surface area contributed by atoms with E-state index in [1.54, 1.807) is 0 Å². The lowest BCUT2D eigenvalue weighted by Crippen LogP contribution is -2.82. The van der Waals surface area contributed by atoms with Crippen LogP contribution in [0.3, 0.4) is 0 Å². The monoisotopic (exact) mass is 697 g/mol. The molecule has 6 nitrogen and oxygen atoms in total. The Morgan fingerprint density at radius 2 is 0.388 bits per heavy atom. The molecule has 0 radical (unpaired) electrons. The van der Waals surface area contributed by atoms with Gasteiger partial charge in [0.2, 0.25) is 0 Å². The van der Waals surface area contributed by atoms with E-state index in [0.717, 1.165) is 0 Å². The lowest BCUT2D eigenvalue weighted by Gasteiger charge is -2.63. The van der Waals surface area contributed by atoms with E-state index in [9.17, 15) is 0 Å². The normalized spacial score (nSPS) is 38.1. The van der Waals surface area contributed by atoms with E-state index in [2.05, 4.69) is 153 Å². The van der Waals surface area contributed by atoms with E-state index in [0.29, 0.717) is 33.2 Å². The molecule has 2 bridgehead atoms. The largest absolute Gasteiger partial charge is 0.317 e. The van der Waals surface area contributed by atoms with Crippen LogP contribution in [0.5, 0.6) is 0 Å². The molecule has 6 heteroatoms. The van der Waals surface area contributed by atoms with Crippen molar-refractivity contribution in [2.24, 2.45) is 0 Å². The van der Waals surface area contributed by atoms with Crippen molar-refractivity contribution >= 4 is 0 Å². The van der Waals surface area contributed by atoms with Crippen LogP contribution in [-0.2, 0) is 0 Å². The smallest absolute Gasteiger partial charge is 0.129 e. The molecule has 5 saturated heterocycles. The fraction of sp³-hybridized carbons (Fsp3) is 1.00. The van der Waals surface area contributed by atoms with Crippen molar-refractivity contribution in [1.29, 1.82) is 0 Å². The third-order valence-corrected chi connectivity index (χ3v) is 16.8. The highest BCUT2D eigenvalue weighted by atomic mass is 15.6. The first kappa shape index (κ1) is 44.9. The highest BCUT2D eigenvalue weighted by Crippen LogP contribution is 2.39. The molecule has 2 atom stereocenters. The first-order valence-corrected chi connectivity index (χ1v) is 20.6. The topological polar surface area (TPSA) is 0 Å². The summed E-state index contributed by atoms with van der Waals surface area (Å²) >= 11 is 0. The van der Waals surface area contributed by atoms with Gasteiger partial charge in [0.05, 0.1) is 74.5 Å². The summed E-state index contributed by atoms with van der Waals surface area (Å²) in [7, 11) is 9.73. The first-order chi connectivity index (χ1) is 21.4. The molecule has 0 saturated carbocycles. The van der Waals surface area contributed by atoms with Gasteiger partial charge < -0.3 is 26.9 Å². The molecule has 5 heterocycles. The van der Waals surface area contributed by atoms with Crippen LogP contribution in [0.4, 0.5) is 0 Å². The Hall–Kier alpha value is -0.240. The second kappa shape index (κ2) is 13.9. The molecule has 0 spiro atoms. The molecule has 0 aromatic rings. The summed E-state index contributed by atoms with van der Waals surface area (Å²) < 4.78 is 7.60. The summed E-state index contributed by atoms with van der Waals surface area (Å²) in [4.78, 5) is 0. The molecule has 2 unspecified atom stereocenters. The highest BCUT2D eigenvalue weighted by Gasteiger charge is 2.57. The van der Waals surface area contributed by atoms with Crippen LogP contribution < -0.4 is 0 Å². The molecule has 292 valence electrons. The maximum Gasteiger partial charge on any atom is 0.129 e. The third-order valence-electron chi connectivity index (χ3n) is 16.8. The Morgan fingerprint density at radius 3 is 0.531 bits per heavy atom. The number of fused-ring (bicyclic) bond motifs is 3. The van der Waals surface area contributed by atoms with Crippen molar-refractivity contribution in [3.63, 3.8) is 0 Å². The van der Waals surface area contributed by atoms with Crippen molar-refractivity contribution in [3.8, 4) is 0 Å². The number of nitrogens with zero attached hydrogens (tertiary/aromatic N) is 6. The van der Waals surface area contributed by atoms with Crippen LogP contribution in [0, 0.1) is 0 Å². The molecule has 0 N–H and O–H groups in total. The average Bonchev–Trinajstić information content (AvgIpc) is 3.09. The number of likely N-dealkylation sites (N-methyl/N-ethyl adjacent to an activating group) is 4. The van der Waals surface area contributed by atoms with Crippen LogP contribution in [0.2, 0.25) is 0 Å². The van der Waals surface area contributed by atoms with Crippen molar-refractivity contribution in [2.45, 2.75) is 164 Å². The Bertz CT molecular complexity index is 964. The van der Waals surface area contributed by atoms with Crippen molar-refractivity contribution in [3.05, 3.63) is 0 Å². The Labute approximate surface area is 310 Å². The highest BCUT2D eigenvalue weighted by molar-refractivity contribution is 4.77. The van der Waals surface area contributed by atoms with Crippen LogP contribution >= 0.6 is 0 Å². The molecule has 0 aliphatic carbocycles. The molecule has 49 heavy (non-hydrogen) atoms. The molecule has 0 aromatic heterocycles. The number of piperazine rings is 4. The molecular weight excluding hydrogens is 601 g/mol. The summed E-state index contributed by atoms with van der Waals surface area (Å²) in [5.74, 6) is 0. The van der Waals surface area contributed by atoms with Crippen molar-refractivity contribution in [1.82, 2.24) is 0 Å². The number of rotatable bonds is 0. The Morgan fingerprint density at radius 1 is 0.224 bits per heavy atom. The average molecular weight is 697 g/mol. The maximum atomic E-state index is 2.44. The van der Waals surface area contributed by atoms with Gasteiger partial charge in [0, 0.05) is 6.42 Å². The van der Waals surface area contributed by atoms with E-state index in [-0.39, 0.29) is 0 Å². The molecule has 5 aliphatic heterocycles. The minimum atomic E-state index is 0.368. The van der Waals surface area contributed by atoms with Gasteiger partial charge in [-0.25, -0.2) is 0 Å². The summed E-state index contributed by atoms with van der Waals surface area (Å²) in [6, 6.07) is 0. The molecule has 5 rings (SSSR count). The summed E-state index contributed by atoms with van der Waals surface area (Å²) in [5, 5.41) is 0. The summed E-state index contributed by atoms with van der Waals surface area (Å²) in [6.45, 7) is 61.9. The lowest BCUT2D eigenvalue weighted by molar-refractivity contribution is -1.12. The van der Waals surface area contributed by atoms with Gasteiger partial charge >= 0.3 is 0 Å². The minimum Gasteiger partial charge on any atom is -0.317 e. The lowest BCUT2D eigenvalue weighted by atomic mass is 9.90. The molecule has 5 fully saturated rings. The summed E-state index contributed by atoms with van der Waals surface area (Å²) in [6.07, 6.45) is 1.35. The predicted molar refractivity (Wildman–Crippen MR) is 217 cm³/mol. The Balaban J connectivity index is 0.000000255. The fourth-order valence-electron chi connectivity index (χ4n) is 9.06. The second-order valence-corrected chi connectivity index (χ2v) is 24.4. The van der Waals surface area contributed by atoms with Crippen LogP contribution in [-0.4, -0.2) is 180 Å². The van der Waals surface area contributed by atoms with Crippen LogP contribution in [0.25, 0.3) is 0 Å². The SMILES string of the molecule is CC(C)(C)[N+]1(C)CCC[N+](C)(C(C)(C)C)CC1.CC(C)(C)[N+]1(C)CC[N+](C)(C(C)(C)C)CC1.CC(C)(C)[N+]12CC[N+](C(C)(C)C)(CC1)CC2. The number of quaternary nitrogens is 6. The molecule has 5 aliphatic rings. The van der Waals surface area contributed by atoms with Gasteiger partial charge in [0.15, 0.2) is 0 Å². The minimum absolute atomic E-state index is 0.368. The van der Waals surface area contributed by atoms with Gasteiger partial charge in [-0.2, -0.15) is 0 Å². The van der Waals surface area contributed by atoms with Gasteiger partial charge in [-0.05, 0) is 125 Å². The van der Waals surface area contributed by atoms with Gasteiger partial charge in [0.1, 0.15) is 78.5 Å². The first-order valence-electron chi connectivity index (χ1n) is 20.6. The quantitative estimate of drug-likeness (QED) is 0.229. The number of hydrogen-bond donors (Lipinski definition) is 0. The van der Waals surface area contributed by atoms with Gasteiger partial charge in [0.25, 0.3) is 0 Å². The van der Waals surface area contributed by atoms with Crippen molar-refractivity contribution in [2.75, 3.05) is 120 Å². The number of hydrogen-bond acceptors (Lipinski definition) is 0. The summed E-state index contributed by atoms with van der Waals surface area (Å²) in [5.41, 5.74) is 2.37. The Kier molecular flexibility index (Phi) is 12.7. The second-order valence-electron chi connectivity index (χ2n) is 24.4. The van der Waals surface area contributed by atoms with Gasteiger partial charge in [-0.1, -0.05) is 0 Å². The van der Waals surface area contributed by atoms with Gasteiger partial charge in [-0.15, -0.1) is 0 Å². The third kappa shape index (κ3) is 9.29. The van der Waals surface area contributed by atoms with E-state index < -0.39 is 0 Å². The molecule has 0 aromatic carbocycles. The van der Waals surface area contributed by atoms with Crippen molar-refractivity contribution < 1.29 is 26.9 Å². The van der Waals surface area contributed by atoms with E-state index in [1.165, 1.54) is 125 Å². The van der Waals surface area contributed by atoms with E-state index in [4.69, 9.17) is 0 Å². The maximum absolute atomic E-state index is 2.44. The standard InChI is InChI=1S/C15H34N2.C14H30N2.C14H32N2/c1-14(2,3)16(7)10-9-11-17(8,13-12-16)15(4,5)6;1-13(2,3)15-7-10-16(11-8-15,12-9-15)14(4,5)6;1-13(2,3)15(7)9-11-16(8,12-10-15)14(4,5)6/h9-13H2,1-8H3;7-12H2,1-6H3;9-12H2,1-8H3/q3*+2. The molecular formula is C43H96N6+6. The zero-order valence-corrected chi connectivity index (χ0v) is 38.3. The molecule has 0 amide bonds. The van der Waals surface area contributed by atoms with Crippen LogP contribution in [0.15, 0.2) is 0 Å². The predicted octanol–water partition coefficient (Wildman–Crippen LogP) is 7.61. The fourth-order valence-corrected chi connectivity index (χ4v) is 9.06.